The van der Waals surface area contributed by atoms with Gasteiger partial charge in [-0.1, -0.05) is 49.0 Å². The quantitative estimate of drug-likeness (QED) is 0.884. The molecule has 19 heavy (non-hydrogen) atoms. The van der Waals surface area contributed by atoms with E-state index in [4.69, 9.17) is 10.5 Å². The van der Waals surface area contributed by atoms with E-state index >= 15 is 0 Å². The molecule has 100 valence electrons. The van der Waals surface area contributed by atoms with Gasteiger partial charge < -0.3 is 10.5 Å². The number of ether oxygens (including phenoxy) is 1. The zero-order valence-corrected chi connectivity index (χ0v) is 12.1. The van der Waals surface area contributed by atoms with E-state index in [1.54, 1.807) is 18.9 Å². The van der Waals surface area contributed by atoms with Crippen LogP contribution in [0.15, 0.2) is 58.3 Å². The van der Waals surface area contributed by atoms with Crippen molar-refractivity contribution in [1.82, 2.24) is 0 Å². The molecule has 2 rings (SSSR count). The molecule has 0 radical (unpaired) electrons. The monoisotopic (exact) mass is 273 g/mol. The Balaban J connectivity index is 2.33. The predicted molar refractivity (Wildman–Crippen MR) is 80.8 cm³/mol. The molecule has 2 aromatic carbocycles. The van der Waals surface area contributed by atoms with Crippen LogP contribution in [-0.2, 0) is 0 Å². The lowest BCUT2D eigenvalue weighted by Gasteiger charge is -2.15. The van der Waals surface area contributed by atoms with Crippen molar-refractivity contribution in [3.05, 3.63) is 54.1 Å². The summed E-state index contributed by atoms with van der Waals surface area (Å²) in [5.74, 6) is 0.896. The van der Waals surface area contributed by atoms with Gasteiger partial charge in [0.15, 0.2) is 0 Å². The number of nitrogens with two attached hydrogens (primary N) is 1. The van der Waals surface area contributed by atoms with Crippen LogP contribution in [0, 0.1) is 0 Å². The maximum absolute atomic E-state index is 6.17. The highest BCUT2D eigenvalue weighted by molar-refractivity contribution is 7.99. The fourth-order valence-corrected chi connectivity index (χ4v) is 3.04. The van der Waals surface area contributed by atoms with Gasteiger partial charge >= 0.3 is 0 Å². The summed E-state index contributed by atoms with van der Waals surface area (Å²) in [5.41, 5.74) is 7.37. The summed E-state index contributed by atoms with van der Waals surface area (Å²) < 4.78 is 5.39. The van der Waals surface area contributed by atoms with Crippen molar-refractivity contribution in [2.45, 2.75) is 29.2 Å². The average molecular weight is 273 g/mol. The van der Waals surface area contributed by atoms with Crippen LogP contribution in [0.3, 0.4) is 0 Å². The van der Waals surface area contributed by atoms with Gasteiger partial charge in [-0.2, -0.15) is 0 Å². The minimum absolute atomic E-state index is 0.0819. The second-order valence-corrected chi connectivity index (χ2v) is 5.39. The van der Waals surface area contributed by atoms with Crippen LogP contribution in [0.4, 0.5) is 0 Å². The third-order valence-electron chi connectivity index (χ3n) is 3.05. The van der Waals surface area contributed by atoms with Gasteiger partial charge in [-0.05, 0) is 30.2 Å². The predicted octanol–water partition coefficient (Wildman–Crippen LogP) is 4.26. The fourth-order valence-electron chi connectivity index (χ4n) is 1.92. The molecule has 3 heteroatoms. The van der Waals surface area contributed by atoms with Crippen LogP contribution in [0.2, 0.25) is 0 Å². The third kappa shape index (κ3) is 3.31. The Morgan fingerprint density at radius 2 is 1.68 bits per heavy atom. The first kappa shape index (κ1) is 14.0. The van der Waals surface area contributed by atoms with Gasteiger partial charge in [0, 0.05) is 10.9 Å². The van der Waals surface area contributed by atoms with E-state index < -0.39 is 0 Å². The summed E-state index contributed by atoms with van der Waals surface area (Å²) in [7, 11) is 1.70. The zero-order chi connectivity index (χ0) is 13.7. The molecule has 2 nitrogen and oxygen atoms in total. The van der Waals surface area contributed by atoms with Gasteiger partial charge in [0.2, 0.25) is 0 Å². The van der Waals surface area contributed by atoms with Crippen LogP contribution < -0.4 is 10.5 Å². The first-order valence-corrected chi connectivity index (χ1v) is 7.23. The highest BCUT2D eigenvalue weighted by atomic mass is 32.2. The molecular formula is C16H19NOS. The maximum Gasteiger partial charge on any atom is 0.132 e. The number of benzene rings is 2. The minimum atomic E-state index is 0.0819. The molecule has 0 bridgehead atoms. The zero-order valence-electron chi connectivity index (χ0n) is 11.3. The molecule has 2 N–H and O–H groups in total. The Kier molecular flexibility index (Phi) is 4.88. The normalized spacial score (nSPS) is 12.2. The molecule has 0 amide bonds. The number of rotatable bonds is 5. The largest absolute Gasteiger partial charge is 0.496 e. The van der Waals surface area contributed by atoms with E-state index in [9.17, 15) is 0 Å². The SMILES string of the molecule is CC[C@@H](N)c1ccccc1Sc1ccccc1OC. The summed E-state index contributed by atoms with van der Waals surface area (Å²) in [5, 5.41) is 0. The van der Waals surface area contributed by atoms with Gasteiger partial charge in [0.25, 0.3) is 0 Å². The second-order valence-electron chi connectivity index (χ2n) is 4.31. The lowest BCUT2D eigenvalue weighted by atomic mass is 10.1. The molecular weight excluding hydrogens is 254 g/mol. The second kappa shape index (κ2) is 6.64. The van der Waals surface area contributed by atoms with Crippen LogP contribution in [0.1, 0.15) is 24.9 Å². The molecule has 0 heterocycles. The number of hydrogen-bond acceptors (Lipinski definition) is 3. The first-order chi connectivity index (χ1) is 9.26. The Bertz CT molecular complexity index is 542. The summed E-state index contributed by atoms with van der Waals surface area (Å²) in [6.45, 7) is 2.11. The fraction of sp³-hybridized carbons (Fsp3) is 0.250. The molecule has 0 aliphatic rings. The van der Waals surface area contributed by atoms with Gasteiger partial charge in [0.1, 0.15) is 5.75 Å². The molecule has 0 saturated heterocycles. The van der Waals surface area contributed by atoms with E-state index in [0.29, 0.717) is 0 Å². The van der Waals surface area contributed by atoms with Gasteiger partial charge in [-0.3, -0.25) is 0 Å². The molecule has 0 aliphatic carbocycles. The maximum atomic E-state index is 6.17. The number of methoxy groups -OCH3 is 1. The molecule has 0 fully saturated rings. The molecule has 1 atom stereocenters. The minimum Gasteiger partial charge on any atom is -0.496 e. The Hall–Kier alpha value is -1.45. The van der Waals surface area contributed by atoms with Crippen LogP contribution in [0.5, 0.6) is 5.75 Å². The molecule has 2 aromatic rings. The van der Waals surface area contributed by atoms with Gasteiger partial charge in [-0.15, -0.1) is 0 Å². The molecule has 0 spiro atoms. The summed E-state index contributed by atoms with van der Waals surface area (Å²) >= 11 is 1.70. The van der Waals surface area contributed by atoms with Gasteiger partial charge in [0.05, 0.1) is 12.0 Å². The van der Waals surface area contributed by atoms with Crippen molar-refractivity contribution in [2.24, 2.45) is 5.73 Å². The summed E-state index contributed by atoms with van der Waals surface area (Å²) in [6, 6.07) is 16.4. The number of hydrogen-bond donors (Lipinski definition) is 1. The van der Waals surface area contributed by atoms with Crippen molar-refractivity contribution in [3.63, 3.8) is 0 Å². The van der Waals surface area contributed by atoms with Crippen molar-refractivity contribution < 1.29 is 4.74 Å². The highest BCUT2D eigenvalue weighted by Crippen LogP contribution is 2.37. The molecule has 0 saturated carbocycles. The Labute approximate surface area is 119 Å². The third-order valence-corrected chi connectivity index (χ3v) is 4.20. The van der Waals surface area contributed by atoms with E-state index in [1.807, 2.05) is 30.3 Å². The average Bonchev–Trinajstić information content (AvgIpc) is 2.47. The topological polar surface area (TPSA) is 35.2 Å². The van der Waals surface area contributed by atoms with Crippen molar-refractivity contribution in [2.75, 3.05) is 7.11 Å². The van der Waals surface area contributed by atoms with Crippen molar-refractivity contribution in [1.29, 1.82) is 0 Å². The van der Waals surface area contributed by atoms with E-state index in [2.05, 4.69) is 25.1 Å². The van der Waals surface area contributed by atoms with Crippen molar-refractivity contribution >= 4 is 11.8 Å². The Morgan fingerprint density at radius 3 is 2.37 bits per heavy atom. The van der Waals surface area contributed by atoms with E-state index in [-0.39, 0.29) is 6.04 Å². The molecule has 0 aliphatic heterocycles. The standard InChI is InChI=1S/C16H19NOS/c1-3-13(17)12-8-4-6-10-15(12)19-16-11-7-5-9-14(16)18-2/h4-11,13H,3,17H2,1-2H3/t13-/m1/s1. The lowest BCUT2D eigenvalue weighted by Crippen LogP contribution is -2.09. The number of para-hydroxylation sites is 1. The van der Waals surface area contributed by atoms with Crippen LogP contribution >= 0.6 is 11.8 Å². The van der Waals surface area contributed by atoms with E-state index in [0.717, 1.165) is 17.1 Å². The van der Waals surface area contributed by atoms with Crippen LogP contribution in [-0.4, -0.2) is 7.11 Å². The molecule has 0 aromatic heterocycles. The van der Waals surface area contributed by atoms with Gasteiger partial charge in [-0.25, -0.2) is 0 Å². The highest BCUT2D eigenvalue weighted by Gasteiger charge is 2.11. The van der Waals surface area contributed by atoms with Crippen LogP contribution in [0.25, 0.3) is 0 Å². The smallest absolute Gasteiger partial charge is 0.132 e. The summed E-state index contributed by atoms with van der Waals surface area (Å²) in [4.78, 5) is 2.31. The molecule has 0 unspecified atom stereocenters. The van der Waals surface area contributed by atoms with E-state index in [1.165, 1.54) is 10.5 Å². The summed E-state index contributed by atoms with van der Waals surface area (Å²) in [6.07, 6.45) is 0.934. The Morgan fingerprint density at radius 1 is 1.05 bits per heavy atom. The first-order valence-electron chi connectivity index (χ1n) is 6.41. The lowest BCUT2D eigenvalue weighted by molar-refractivity contribution is 0.405. The van der Waals surface area contributed by atoms with Crippen molar-refractivity contribution in [3.8, 4) is 5.75 Å².